The predicted molar refractivity (Wildman–Crippen MR) is 85.5 cm³/mol. The van der Waals surface area contributed by atoms with Crippen molar-refractivity contribution in [3.05, 3.63) is 0 Å². The third kappa shape index (κ3) is 6.23. The average Bonchev–Trinajstić information content (AvgIpc) is 2.55. The highest BCUT2D eigenvalue weighted by Gasteiger charge is 2.37. The van der Waals surface area contributed by atoms with Gasteiger partial charge in [0.05, 0.1) is 13.2 Å². The van der Waals surface area contributed by atoms with E-state index in [0.717, 1.165) is 18.9 Å². The molecule has 0 aromatic rings. The standard InChI is InChI=1S/C15H32O6Si/c1-6-12-22(5,16-4)20-13-17-14(7-2)21-15(8-3)18-10-9-11-19-15/h14H,6-13H2,1-5H3. The van der Waals surface area contributed by atoms with E-state index in [9.17, 15) is 0 Å². The Bertz CT molecular complexity index is 298. The van der Waals surface area contributed by atoms with E-state index in [1.54, 1.807) is 7.11 Å². The summed E-state index contributed by atoms with van der Waals surface area (Å²) in [7, 11) is -0.425. The molecule has 1 heterocycles. The zero-order valence-corrected chi connectivity index (χ0v) is 15.7. The first-order chi connectivity index (χ1) is 10.5. The van der Waals surface area contributed by atoms with Gasteiger partial charge in [-0.1, -0.05) is 27.2 Å². The summed E-state index contributed by atoms with van der Waals surface area (Å²) in [5, 5.41) is 0. The molecule has 1 fully saturated rings. The van der Waals surface area contributed by atoms with Crippen molar-refractivity contribution in [2.24, 2.45) is 0 Å². The molecule has 2 atom stereocenters. The predicted octanol–water partition coefficient (Wildman–Crippen LogP) is 3.36. The molecule has 0 spiro atoms. The molecule has 0 aliphatic carbocycles. The highest BCUT2D eigenvalue weighted by Crippen LogP contribution is 2.27. The summed E-state index contributed by atoms with van der Waals surface area (Å²) < 4.78 is 34.3. The second-order valence-electron chi connectivity index (χ2n) is 5.56. The van der Waals surface area contributed by atoms with Crippen LogP contribution in [0.15, 0.2) is 0 Å². The summed E-state index contributed by atoms with van der Waals surface area (Å²) in [5.41, 5.74) is 0. The van der Waals surface area contributed by atoms with E-state index in [0.29, 0.717) is 26.1 Å². The quantitative estimate of drug-likeness (QED) is 0.426. The lowest BCUT2D eigenvalue weighted by Gasteiger charge is -2.38. The molecule has 0 saturated carbocycles. The first-order valence-electron chi connectivity index (χ1n) is 8.29. The summed E-state index contributed by atoms with van der Waals surface area (Å²) in [6, 6.07) is 0.940. The average molecular weight is 337 g/mol. The fraction of sp³-hybridized carbons (Fsp3) is 1.00. The summed E-state index contributed by atoms with van der Waals surface area (Å²) in [5.74, 6) is -0.982. The SMILES string of the molecule is CCC[Si](C)(OC)OCOC(CC)OC1(CC)OCCCO1. The lowest BCUT2D eigenvalue weighted by atomic mass is 10.3. The number of hydrogen-bond acceptors (Lipinski definition) is 6. The van der Waals surface area contributed by atoms with Crippen LogP contribution >= 0.6 is 0 Å². The molecule has 1 saturated heterocycles. The van der Waals surface area contributed by atoms with E-state index < -0.39 is 20.8 Å². The van der Waals surface area contributed by atoms with E-state index >= 15 is 0 Å². The van der Waals surface area contributed by atoms with Crippen LogP contribution in [-0.2, 0) is 27.8 Å². The van der Waals surface area contributed by atoms with Gasteiger partial charge in [-0.3, -0.25) is 4.74 Å². The Morgan fingerprint density at radius 1 is 1.18 bits per heavy atom. The second-order valence-corrected chi connectivity index (χ2v) is 9.02. The number of rotatable bonds is 11. The molecule has 2 unspecified atom stereocenters. The minimum atomic E-state index is -2.13. The highest BCUT2D eigenvalue weighted by atomic mass is 28.4. The Labute approximate surface area is 135 Å². The van der Waals surface area contributed by atoms with Crippen LogP contribution in [0, 0.1) is 0 Å². The van der Waals surface area contributed by atoms with Crippen LogP contribution in [-0.4, -0.2) is 47.9 Å². The van der Waals surface area contributed by atoms with E-state index in [4.69, 9.17) is 27.8 Å². The van der Waals surface area contributed by atoms with Crippen molar-refractivity contribution in [1.29, 1.82) is 0 Å². The number of ether oxygens (including phenoxy) is 4. The minimum absolute atomic E-state index is 0.162. The van der Waals surface area contributed by atoms with Crippen LogP contribution in [0.2, 0.25) is 12.6 Å². The molecule has 0 amide bonds. The van der Waals surface area contributed by atoms with Gasteiger partial charge in [-0.2, -0.15) is 0 Å². The molecule has 0 bridgehead atoms. The molecule has 1 aliphatic rings. The maximum Gasteiger partial charge on any atom is 0.336 e. The van der Waals surface area contributed by atoms with Gasteiger partial charge >= 0.3 is 8.56 Å². The van der Waals surface area contributed by atoms with Crippen LogP contribution in [0.4, 0.5) is 0 Å². The summed E-state index contributed by atoms with van der Waals surface area (Å²) >= 11 is 0. The van der Waals surface area contributed by atoms with Gasteiger partial charge in [0.2, 0.25) is 0 Å². The molecule has 1 aliphatic heterocycles. The topological polar surface area (TPSA) is 55.4 Å². The lowest BCUT2D eigenvalue weighted by molar-refractivity contribution is -0.437. The molecule has 0 N–H and O–H groups in total. The zero-order chi connectivity index (χ0) is 16.5. The van der Waals surface area contributed by atoms with Gasteiger partial charge < -0.3 is 23.1 Å². The smallest absolute Gasteiger partial charge is 0.336 e. The molecule has 6 nitrogen and oxygen atoms in total. The highest BCUT2D eigenvalue weighted by molar-refractivity contribution is 6.65. The Hall–Kier alpha value is -0.0231. The van der Waals surface area contributed by atoms with E-state index in [-0.39, 0.29) is 6.79 Å². The minimum Gasteiger partial charge on any atom is -0.398 e. The van der Waals surface area contributed by atoms with Gasteiger partial charge in [0.25, 0.3) is 5.97 Å². The van der Waals surface area contributed by atoms with Crippen molar-refractivity contribution in [2.75, 3.05) is 27.1 Å². The van der Waals surface area contributed by atoms with Crippen molar-refractivity contribution >= 4 is 8.56 Å². The fourth-order valence-electron chi connectivity index (χ4n) is 2.27. The van der Waals surface area contributed by atoms with Gasteiger partial charge in [-0.15, -0.1) is 0 Å². The molecular formula is C15H32O6Si. The van der Waals surface area contributed by atoms with Crippen LogP contribution < -0.4 is 0 Å². The van der Waals surface area contributed by atoms with Crippen LogP contribution in [0.25, 0.3) is 0 Å². The lowest BCUT2D eigenvalue weighted by Crippen LogP contribution is -2.46. The summed E-state index contributed by atoms with van der Waals surface area (Å²) in [6.07, 6.45) is 2.81. The molecule has 1 rings (SSSR count). The van der Waals surface area contributed by atoms with Crippen molar-refractivity contribution in [1.82, 2.24) is 0 Å². The zero-order valence-electron chi connectivity index (χ0n) is 14.7. The second kappa shape index (κ2) is 9.97. The van der Waals surface area contributed by atoms with E-state index in [1.807, 2.05) is 20.4 Å². The Balaban J connectivity index is 2.44. The normalized spacial score (nSPS) is 22.2. The maximum atomic E-state index is 5.91. The maximum absolute atomic E-state index is 5.91. The molecule has 0 radical (unpaired) electrons. The summed E-state index contributed by atoms with van der Waals surface area (Å²) in [6.45, 7) is 9.59. The Kier molecular flexibility index (Phi) is 9.07. The molecular weight excluding hydrogens is 304 g/mol. The van der Waals surface area contributed by atoms with Gasteiger partial charge in [0.15, 0.2) is 6.29 Å². The number of hydrogen-bond donors (Lipinski definition) is 0. The largest absolute Gasteiger partial charge is 0.398 e. The van der Waals surface area contributed by atoms with Crippen molar-refractivity contribution in [2.45, 2.75) is 71.3 Å². The Morgan fingerprint density at radius 3 is 2.36 bits per heavy atom. The monoisotopic (exact) mass is 336 g/mol. The van der Waals surface area contributed by atoms with Crippen LogP contribution in [0.3, 0.4) is 0 Å². The molecule has 132 valence electrons. The van der Waals surface area contributed by atoms with Gasteiger partial charge in [0.1, 0.15) is 6.79 Å². The third-order valence-corrected chi connectivity index (χ3v) is 6.76. The van der Waals surface area contributed by atoms with Crippen LogP contribution in [0.1, 0.15) is 46.5 Å². The molecule has 22 heavy (non-hydrogen) atoms. The van der Waals surface area contributed by atoms with Gasteiger partial charge in [-0.25, -0.2) is 0 Å². The first kappa shape index (κ1) is 20.0. The van der Waals surface area contributed by atoms with Crippen molar-refractivity contribution in [3.8, 4) is 0 Å². The van der Waals surface area contributed by atoms with Crippen molar-refractivity contribution < 1.29 is 27.8 Å². The molecule has 7 heteroatoms. The molecule has 0 aromatic carbocycles. The van der Waals surface area contributed by atoms with E-state index in [1.165, 1.54) is 0 Å². The first-order valence-corrected chi connectivity index (χ1v) is 10.8. The third-order valence-electron chi connectivity index (χ3n) is 3.76. The van der Waals surface area contributed by atoms with Crippen LogP contribution in [0.5, 0.6) is 0 Å². The van der Waals surface area contributed by atoms with Gasteiger partial charge in [0, 0.05) is 13.5 Å². The fourth-order valence-corrected chi connectivity index (χ4v) is 3.96. The van der Waals surface area contributed by atoms with Gasteiger partial charge in [-0.05, 0) is 25.4 Å². The van der Waals surface area contributed by atoms with E-state index in [2.05, 4.69) is 6.92 Å². The molecule has 0 aromatic heterocycles. The summed E-state index contributed by atoms with van der Waals surface area (Å²) in [4.78, 5) is 0. The van der Waals surface area contributed by atoms with Crippen molar-refractivity contribution in [3.63, 3.8) is 0 Å². The Morgan fingerprint density at radius 2 is 1.86 bits per heavy atom.